The molecule has 0 spiro atoms. The van der Waals surface area contributed by atoms with Gasteiger partial charge in [-0.05, 0) is 12.1 Å². The van der Waals surface area contributed by atoms with Gasteiger partial charge in [-0.3, -0.25) is 0 Å². The van der Waals surface area contributed by atoms with Crippen molar-refractivity contribution in [2.45, 2.75) is 4.90 Å². The van der Waals surface area contributed by atoms with E-state index in [-0.39, 0.29) is 10.1 Å². The lowest BCUT2D eigenvalue weighted by Crippen LogP contribution is -2.15. The largest absolute Gasteiger partial charge is 0.486 e. The highest BCUT2D eigenvalue weighted by atomic mass is 35.5. The fraction of sp³-hybridized carbons (Fsp3) is 0.133. The van der Waals surface area contributed by atoms with Crippen LogP contribution in [0.4, 0.5) is 0 Å². The maximum absolute atomic E-state index is 12.3. The molecule has 114 valence electrons. The van der Waals surface area contributed by atoms with E-state index in [1.807, 2.05) is 6.07 Å². The number of ether oxygens (including phenoxy) is 2. The minimum Gasteiger partial charge on any atom is -0.486 e. The molecule has 7 heteroatoms. The third kappa shape index (κ3) is 3.08. The van der Waals surface area contributed by atoms with Crippen molar-refractivity contribution in [1.29, 1.82) is 0 Å². The molecule has 2 aromatic carbocycles. The van der Waals surface area contributed by atoms with E-state index >= 15 is 0 Å². The zero-order chi connectivity index (χ0) is 15.6. The second-order valence-electron chi connectivity index (χ2n) is 4.53. The number of hydrogen-bond donors (Lipinski definition) is 0. The number of fused-ring (bicyclic) bond motifs is 1. The minimum absolute atomic E-state index is 0.00540. The average Bonchev–Trinajstić information content (AvgIpc) is 2.55. The number of hydrogen-bond acceptors (Lipinski definition) is 4. The summed E-state index contributed by atoms with van der Waals surface area (Å²) >= 11 is 6.00. The minimum atomic E-state index is -3.92. The van der Waals surface area contributed by atoms with E-state index in [9.17, 15) is 8.42 Å². The molecule has 0 atom stereocenters. The molecule has 0 aliphatic carbocycles. The van der Waals surface area contributed by atoms with Crippen molar-refractivity contribution >= 4 is 26.8 Å². The van der Waals surface area contributed by atoms with Gasteiger partial charge in [0.1, 0.15) is 18.4 Å². The lowest BCUT2D eigenvalue weighted by atomic mass is 10.2. The van der Waals surface area contributed by atoms with E-state index in [0.29, 0.717) is 30.3 Å². The summed E-state index contributed by atoms with van der Waals surface area (Å²) in [4.78, 5) is 0.00540. The SMILES string of the molecule is O=S(=O)(N=C(Cl)c1ccccc1)c1ccc2c(c1)OCCO2. The first-order chi connectivity index (χ1) is 10.6. The normalized spacial score (nSPS) is 14.7. The monoisotopic (exact) mass is 337 g/mol. The van der Waals surface area contributed by atoms with Crippen molar-refractivity contribution < 1.29 is 17.9 Å². The first kappa shape index (κ1) is 14.9. The second-order valence-corrected chi connectivity index (χ2v) is 6.49. The van der Waals surface area contributed by atoms with E-state index in [1.165, 1.54) is 12.1 Å². The summed E-state index contributed by atoms with van der Waals surface area (Å²) in [5, 5.41) is -0.0875. The fourth-order valence-electron chi connectivity index (χ4n) is 1.97. The van der Waals surface area contributed by atoms with Crippen molar-refractivity contribution in [1.82, 2.24) is 0 Å². The van der Waals surface area contributed by atoms with Crippen LogP contribution in [0.15, 0.2) is 57.8 Å². The Morgan fingerprint density at radius 2 is 1.68 bits per heavy atom. The van der Waals surface area contributed by atoms with Crippen LogP contribution in [0.1, 0.15) is 5.56 Å². The quantitative estimate of drug-likeness (QED) is 0.808. The summed E-state index contributed by atoms with van der Waals surface area (Å²) in [5.74, 6) is 0.904. The van der Waals surface area contributed by atoms with Gasteiger partial charge in [-0.15, -0.1) is 4.40 Å². The Balaban J connectivity index is 1.96. The fourth-order valence-corrected chi connectivity index (χ4v) is 3.29. The van der Waals surface area contributed by atoms with Gasteiger partial charge in [-0.25, -0.2) is 0 Å². The molecule has 0 saturated carbocycles. The van der Waals surface area contributed by atoms with Gasteiger partial charge in [0.2, 0.25) is 0 Å². The molecule has 1 aliphatic heterocycles. The van der Waals surface area contributed by atoms with Crippen LogP contribution in [0.3, 0.4) is 0 Å². The Kier molecular flexibility index (Phi) is 4.04. The predicted molar refractivity (Wildman–Crippen MR) is 83.4 cm³/mol. The standard InChI is InChI=1S/C15H12ClNO4S/c16-15(11-4-2-1-3-5-11)17-22(18,19)12-6-7-13-14(10-12)21-9-8-20-13/h1-7,10H,8-9H2. The van der Waals surface area contributed by atoms with Gasteiger partial charge in [0, 0.05) is 11.6 Å². The van der Waals surface area contributed by atoms with Crippen molar-refractivity contribution in [3.05, 3.63) is 54.1 Å². The van der Waals surface area contributed by atoms with E-state index in [4.69, 9.17) is 21.1 Å². The van der Waals surface area contributed by atoms with Crippen LogP contribution in [0.2, 0.25) is 0 Å². The summed E-state index contributed by atoms with van der Waals surface area (Å²) in [6.07, 6.45) is 0. The van der Waals surface area contributed by atoms with Crippen LogP contribution in [-0.2, 0) is 10.0 Å². The number of halogens is 1. The van der Waals surface area contributed by atoms with E-state index < -0.39 is 10.0 Å². The lowest BCUT2D eigenvalue weighted by Gasteiger charge is -2.18. The highest BCUT2D eigenvalue weighted by Gasteiger charge is 2.19. The Bertz CT molecular complexity index is 819. The molecule has 0 saturated heterocycles. The average molecular weight is 338 g/mol. The maximum Gasteiger partial charge on any atom is 0.283 e. The molecule has 0 N–H and O–H groups in total. The molecule has 0 unspecified atom stereocenters. The molecular formula is C15H12ClNO4S. The summed E-state index contributed by atoms with van der Waals surface area (Å²) in [6, 6.07) is 13.0. The van der Waals surface area contributed by atoms with Crippen LogP contribution in [0.25, 0.3) is 0 Å². The smallest absolute Gasteiger partial charge is 0.283 e. The molecule has 3 rings (SSSR count). The van der Waals surface area contributed by atoms with Gasteiger partial charge in [0.15, 0.2) is 11.5 Å². The van der Waals surface area contributed by atoms with Gasteiger partial charge in [0.25, 0.3) is 10.0 Å². The summed E-state index contributed by atoms with van der Waals surface area (Å²) in [7, 11) is -3.92. The van der Waals surface area contributed by atoms with Gasteiger partial charge in [-0.1, -0.05) is 41.9 Å². The zero-order valence-corrected chi connectivity index (χ0v) is 13.0. The number of sulfonamides is 1. The first-order valence-corrected chi connectivity index (χ1v) is 8.33. The zero-order valence-electron chi connectivity index (χ0n) is 11.4. The molecule has 0 amide bonds. The topological polar surface area (TPSA) is 65.0 Å². The molecule has 1 heterocycles. The summed E-state index contributed by atoms with van der Waals surface area (Å²) in [5.41, 5.74) is 0.533. The number of nitrogens with zero attached hydrogens (tertiary/aromatic N) is 1. The van der Waals surface area contributed by atoms with Crippen LogP contribution in [0, 0.1) is 0 Å². The van der Waals surface area contributed by atoms with E-state index in [0.717, 1.165) is 0 Å². The third-order valence-corrected chi connectivity index (χ3v) is 4.70. The number of benzene rings is 2. The maximum atomic E-state index is 12.3. The van der Waals surface area contributed by atoms with Gasteiger partial charge < -0.3 is 9.47 Å². The van der Waals surface area contributed by atoms with Crippen LogP contribution >= 0.6 is 11.6 Å². The molecule has 0 fully saturated rings. The van der Waals surface area contributed by atoms with Crippen LogP contribution in [-0.4, -0.2) is 26.8 Å². The Hall–Kier alpha value is -2.05. The first-order valence-electron chi connectivity index (χ1n) is 6.52. The molecule has 0 aromatic heterocycles. The second kappa shape index (κ2) is 5.98. The van der Waals surface area contributed by atoms with Crippen molar-refractivity contribution in [3.63, 3.8) is 0 Å². The molecule has 5 nitrogen and oxygen atoms in total. The molecule has 0 radical (unpaired) electrons. The van der Waals surface area contributed by atoms with Crippen LogP contribution in [0.5, 0.6) is 11.5 Å². The molecule has 0 bridgehead atoms. The summed E-state index contributed by atoms with van der Waals surface area (Å²) < 4.78 is 39.1. The van der Waals surface area contributed by atoms with Crippen molar-refractivity contribution in [3.8, 4) is 11.5 Å². The molecule has 1 aliphatic rings. The van der Waals surface area contributed by atoms with E-state index in [2.05, 4.69) is 4.40 Å². The molecule has 22 heavy (non-hydrogen) atoms. The van der Waals surface area contributed by atoms with Gasteiger partial charge >= 0.3 is 0 Å². The molecule has 2 aromatic rings. The lowest BCUT2D eigenvalue weighted by molar-refractivity contribution is 0.171. The number of rotatable bonds is 3. The highest BCUT2D eigenvalue weighted by Crippen LogP contribution is 2.32. The summed E-state index contributed by atoms with van der Waals surface area (Å²) in [6.45, 7) is 0.821. The highest BCUT2D eigenvalue weighted by molar-refractivity contribution is 7.90. The van der Waals surface area contributed by atoms with Gasteiger partial charge in [0.05, 0.1) is 4.90 Å². The van der Waals surface area contributed by atoms with Crippen LogP contribution < -0.4 is 9.47 Å². The predicted octanol–water partition coefficient (Wildman–Crippen LogP) is 2.83. The Morgan fingerprint density at radius 1 is 1.00 bits per heavy atom. The van der Waals surface area contributed by atoms with Crippen molar-refractivity contribution in [2.24, 2.45) is 4.40 Å². The third-order valence-electron chi connectivity index (χ3n) is 3.02. The van der Waals surface area contributed by atoms with Gasteiger partial charge in [-0.2, -0.15) is 8.42 Å². The Morgan fingerprint density at radius 3 is 2.41 bits per heavy atom. The molecular weight excluding hydrogens is 326 g/mol. The Labute approximate surface area is 133 Å². The van der Waals surface area contributed by atoms with E-state index in [1.54, 1.807) is 30.3 Å². The van der Waals surface area contributed by atoms with Crippen molar-refractivity contribution in [2.75, 3.05) is 13.2 Å².